The summed E-state index contributed by atoms with van der Waals surface area (Å²) in [7, 11) is 1.82. The highest BCUT2D eigenvalue weighted by Crippen LogP contribution is 2.25. The number of ether oxygens (including phenoxy) is 1. The molecule has 0 spiro atoms. The standard InChI is InChI=1S/C12H23N3O/c1-16-11-5-3-10(4-6-11)9-15-12-13-7-2-8-14-12/h10-11H,2-9H2,1H3,(H2,13,14,15). The summed E-state index contributed by atoms with van der Waals surface area (Å²) in [6.07, 6.45) is 6.63. The first-order valence-electron chi connectivity index (χ1n) is 6.43. The van der Waals surface area contributed by atoms with Crippen molar-refractivity contribution in [2.45, 2.75) is 38.2 Å². The SMILES string of the molecule is COC1CCC(CNC2=NCCCN2)CC1. The number of nitrogens with zero attached hydrogens (tertiary/aromatic N) is 1. The van der Waals surface area contributed by atoms with Crippen molar-refractivity contribution in [3.8, 4) is 0 Å². The summed E-state index contributed by atoms with van der Waals surface area (Å²) in [5.41, 5.74) is 0. The van der Waals surface area contributed by atoms with Gasteiger partial charge in [-0.3, -0.25) is 4.99 Å². The molecule has 0 radical (unpaired) electrons. The van der Waals surface area contributed by atoms with Gasteiger partial charge in [0.1, 0.15) is 0 Å². The Hall–Kier alpha value is -0.770. The molecule has 2 aliphatic rings. The van der Waals surface area contributed by atoms with E-state index in [1.165, 1.54) is 25.7 Å². The second-order valence-electron chi connectivity index (χ2n) is 4.77. The molecule has 0 unspecified atom stereocenters. The Kier molecular flexibility index (Phi) is 4.45. The van der Waals surface area contributed by atoms with Gasteiger partial charge in [0.15, 0.2) is 5.96 Å². The molecule has 0 bridgehead atoms. The van der Waals surface area contributed by atoms with Crippen molar-refractivity contribution in [1.82, 2.24) is 10.6 Å². The molecule has 2 N–H and O–H groups in total. The van der Waals surface area contributed by atoms with Gasteiger partial charge in [-0.05, 0) is 38.0 Å². The molecule has 0 saturated heterocycles. The Morgan fingerprint density at radius 1 is 1.38 bits per heavy atom. The minimum absolute atomic E-state index is 0.501. The average Bonchev–Trinajstić information content (AvgIpc) is 2.38. The Morgan fingerprint density at radius 2 is 2.19 bits per heavy atom. The molecule has 1 aliphatic carbocycles. The van der Waals surface area contributed by atoms with Gasteiger partial charge in [-0.15, -0.1) is 0 Å². The van der Waals surface area contributed by atoms with Crippen molar-refractivity contribution in [3.05, 3.63) is 0 Å². The Balaban J connectivity index is 1.65. The molecule has 0 aromatic carbocycles. The third kappa shape index (κ3) is 3.37. The molecule has 4 heteroatoms. The van der Waals surface area contributed by atoms with E-state index < -0.39 is 0 Å². The molecule has 92 valence electrons. The van der Waals surface area contributed by atoms with Gasteiger partial charge in [0.25, 0.3) is 0 Å². The molecule has 0 aromatic rings. The number of rotatable bonds is 3. The summed E-state index contributed by atoms with van der Waals surface area (Å²) in [5.74, 6) is 1.79. The molecular formula is C12H23N3O. The van der Waals surface area contributed by atoms with Crippen molar-refractivity contribution in [2.24, 2.45) is 10.9 Å². The summed E-state index contributed by atoms with van der Waals surface area (Å²) >= 11 is 0. The van der Waals surface area contributed by atoms with Gasteiger partial charge < -0.3 is 15.4 Å². The Bertz CT molecular complexity index is 234. The van der Waals surface area contributed by atoms with Crippen LogP contribution in [0.15, 0.2) is 4.99 Å². The fourth-order valence-corrected chi connectivity index (χ4v) is 2.46. The van der Waals surface area contributed by atoms with Gasteiger partial charge in [-0.1, -0.05) is 0 Å². The molecule has 1 heterocycles. The van der Waals surface area contributed by atoms with E-state index in [0.717, 1.165) is 37.9 Å². The highest BCUT2D eigenvalue weighted by molar-refractivity contribution is 5.80. The van der Waals surface area contributed by atoms with Crippen molar-refractivity contribution < 1.29 is 4.74 Å². The second-order valence-corrected chi connectivity index (χ2v) is 4.77. The number of methoxy groups -OCH3 is 1. The first kappa shape index (κ1) is 11.7. The summed E-state index contributed by atoms with van der Waals surface area (Å²) in [6.45, 7) is 3.08. The molecule has 1 saturated carbocycles. The first-order valence-corrected chi connectivity index (χ1v) is 6.43. The lowest BCUT2D eigenvalue weighted by Gasteiger charge is -2.28. The van der Waals surface area contributed by atoms with E-state index in [1.807, 2.05) is 7.11 Å². The third-order valence-electron chi connectivity index (χ3n) is 3.58. The van der Waals surface area contributed by atoms with Crippen LogP contribution in [0.2, 0.25) is 0 Å². The molecule has 0 amide bonds. The highest BCUT2D eigenvalue weighted by Gasteiger charge is 2.20. The highest BCUT2D eigenvalue weighted by atomic mass is 16.5. The van der Waals surface area contributed by atoms with Gasteiger partial charge in [-0.2, -0.15) is 0 Å². The van der Waals surface area contributed by atoms with Gasteiger partial charge in [-0.25, -0.2) is 0 Å². The van der Waals surface area contributed by atoms with Crippen LogP contribution in [-0.2, 0) is 4.74 Å². The van der Waals surface area contributed by atoms with Gasteiger partial charge >= 0.3 is 0 Å². The predicted octanol–water partition coefficient (Wildman–Crippen LogP) is 1.13. The first-order chi connectivity index (χ1) is 7.88. The van der Waals surface area contributed by atoms with Crippen LogP contribution in [0.3, 0.4) is 0 Å². The average molecular weight is 225 g/mol. The summed E-state index contributed by atoms with van der Waals surface area (Å²) in [4.78, 5) is 4.41. The van der Waals surface area contributed by atoms with Crippen LogP contribution in [0.4, 0.5) is 0 Å². The molecular weight excluding hydrogens is 202 g/mol. The van der Waals surface area contributed by atoms with E-state index >= 15 is 0 Å². The zero-order valence-corrected chi connectivity index (χ0v) is 10.2. The summed E-state index contributed by atoms with van der Waals surface area (Å²) < 4.78 is 5.38. The smallest absolute Gasteiger partial charge is 0.191 e. The minimum Gasteiger partial charge on any atom is -0.381 e. The molecule has 1 aliphatic heterocycles. The lowest BCUT2D eigenvalue weighted by Crippen LogP contribution is -2.43. The van der Waals surface area contributed by atoms with Crippen LogP contribution in [0, 0.1) is 5.92 Å². The zero-order valence-electron chi connectivity index (χ0n) is 10.2. The monoisotopic (exact) mass is 225 g/mol. The number of hydrogen-bond donors (Lipinski definition) is 2. The van der Waals surface area contributed by atoms with Crippen molar-refractivity contribution in [1.29, 1.82) is 0 Å². The lowest BCUT2D eigenvalue weighted by atomic mass is 9.87. The van der Waals surface area contributed by atoms with Crippen molar-refractivity contribution in [3.63, 3.8) is 0 Å². The van der Waals surface area contributed by atoms with Crippen molar-refractivity contribution >= 4 is 5.96 Å². The van der Waals surface area contributed by atoms with Crippen LogP contribution in [-0.4, -0.2) is 38.8 Å². The zero-order chi connectivity index (χ0) is 11.2. The minimum atomic E-state index is 0.501. The Morgan fingerprint density at radius 3 is 2.81 bits per heavy atom. The molecule has 1 fully saturated rings. The normalized spacial score (nSPS) is 30.4. The summed E-state index contributed by atoms with van der Waals surface area (Å²) in [5, 5.41) is 6.72. The van der Waals surface area contributed by atoms with Gasteiger partial charge in [0.05, 0.1) is 6.10 Å². The number of guanidine groups is 1. The molecule has 2 rings (SSSR count). The van der Waals surface area contributed by atoms with Crippen LogP contribution < -0.4 is 10.6 Å². The number of hydrogen-bond acceptors (Lipinski definition) is 4. The topological polar surface area (TPSA) is 45.6 Å². The number of aliphatic imine (C=N–C) groups is 1. The lowest BCUT2D eigenvalue weighted by molar-refractivity contribution is 0.0574. The molecule has 0 atom stereocenters. The summed E-state index contributed by atoms with van der Waals surface area (Å²) in [6, 6.07) is 0. The Labute approximate surface area is 97.9 Å². The predicted molar refractivity (Wildman–Crippen MR) is 65.7 cm³/mol. The largest absolute Gasteiger partial charge is 0.381 e. The molecule has 0 aromatic heterocycles. The van der Waals surface area contributed by atoms with E-state index in [9.17, 15) is 0 Å². The molecule has 4 nitrogen and oxygen atoms in total. The van der Waals surface area contributed by atoms with E-state index in [1.54, 1.807) is 0 Å². The van der Waals surface area contributed by atoms with E-state index in [0.29, 0.717) is 6.10 Å². The van der Waals surface area contributed by atoms with Crippen LogP contribution in [0.5, 0.6) is 0 Å². The maximum absolute atomic E-state index is 5.38. The molecule has 16 heavy (non-hydrogen) atoms. The fraction of sp³-hybridized carbons (Fsp3) is 0.917. The maximum Gasteiger partial charge on any atom is 0.191 e. The number of nitrogens with one attached hydrogen (secondary N) is 2. The van der Waals surface area contributed by atoms with E-state index in [4.69, 9.17) is 4.74 Å². The van der Waals surface area contributed by atoms with Crippen LogP contribution in [0.25, 0.3) is 0 Å². The van der Waals surface area contributed by atoms with Gasteiger partial charge in [0.2, 0.25) is 0 Å². The van der Waals surface area contributed by atoms with E-state index in [2.05, 4.69) is 15.6 Å². The van der Waals surface area contributed by atoms with Crippen LogP contribution >= 0.6 is 0 Å². The maximum atomic E-state index is 5.38. The van der Waals surface area contributed by atoms with E-state index in [-0.39, 0.29) is 0 Å². The second kappa shape index (κ2) is 6.09. The quantitative estimate of drug-likeness (QED) is 0.757. The van der Waals surface area contributed by atoms with Crippen LogP contribution in [0.1, 0.15) is 32.1 Å². The fourth-order valence-electron chi connectivity index (χ4n) is 2.46. The van der Waals surface area contributed by atoms with Gasteiger partial charge in [0, 0.05) is 26.7 Å². The third-order valence-corrected chi connectivity index (χ3v) is 3.58. The van der Waals surface area contributed by atoms with Crippen molar-refractivity contribution in [2.75, 3.05) is 26.7 Å².